The molecule has 4 nitrogen and oxygen atoms in total. The van der Waals surface area contributed by atoms with Crippen LogP contribution >= 0.6 is 0 Å². The van der Waals surface area contributed by atoms with Gasteiger partial charge in [0.1, 0.15) is 0 Å². The Hall–Kier alpha value is -6.91. The Morgan fingerprint density at radius 3 is 1.82 bits per heavy atom. The normalized spacial score (nSPS) is 11.5. The van der Waals surface area contributed by atoms with Crippen LogP contribution in [0.5, 0.6) is 0 Å². The predicted octanol–water partition coefficient (Wildman–Crippen LogP) is 12.4. The van der Waals surface area contributed by atoms with Gasteiger partial charge in [-0.2, -0.15) is 0 Å². The van der Waals surface area contributed by atoms with E-state index >= 15 is 0 Å². The third kappa shape index (κ3) is 4.72. The lowest BCUT2D eigenvalue weighted by atomic mass is 9.88. The number of anilines is 3. The average Bonchev–Trinajstić information content (AvgIpc) is 3.21. The molecule has 0 bridgehead atoms. The van der Waals surface area contributed by atoms with E-state index in [-0.39, 0.29) is 0 Å². The molecule has 7 aromatic carbocycles. The maximum atomic E-state index is 5.63. The lowest BCUT2D eigenvalue weighted by Gasteiger charge is -2.27. The number of fused-ring (bicyclic) bond motifs is 8. The summed E-state index contributed by atoms with van der Waals surface area (Å²) in [6.45, 7) is 0. The second kappa shape index (κ2) is 11.9. The molecule has 0 amide bonds. The van der Waals surface area contributed by atoms with E-state index in [1.807, 2.05) is 18.5 Å². The zero-order chi connectivity index (χ0) is 33.7. The van der Waals surface area contributed by atoms with E-state index in [4.69, 9.17) is 15.0 Å². The SMILES string of the molecule is c1ccc(-c2nc3c(N(c4ccccc4)c4ccccc4)cccc3c3c2cc(-c2ccnc4c2ccc2cccnc24)c2ccccc23)cc1. The summed E-state index contributed by atoms with van der Waals surface area (Å²) >= 11 is 0. The van der Waals surface area contributed by atoms with Crippen molar-refractivity contribution < 1.29 is 0 Å². The predicted molar refractivity (Wildman–Crippen MR) is 213 cm³/mol. The monoisotopic (exact) mass is 650 g/mol. The first-order chi connectivity index (χ1) is 25.3. The van der Waals surface area contributed by atoms with Crippen molar-refractivity contribution in [3.8, 4) is 22.4 Å². The number of para-hydroxylation sites is 3. The van der Waals surface area contributed by atoms with Gasteiger partial charge in [-0.15, -0.1) is 0 Å². The van der Waals surface area contributed by atoms with Gasteiger partial charge < -0.3 is 4.90 Å². The maximum Gasteiger partial charge on any atom is 0.0970 e. The minimum Gasteiger partial charge on any atom is -0.308 e. The molecule has 0 saturated heterocycles. The molecule has 0 aliphatic carbocycles. The summed E-state index contributed by atoms with van der Waals surface area (Å²) in [6.07, 6.45) is 3.75. The highest BCUT2D eigenvalue weighted by Gasteiger charge is 2.22. The molecule has 0 N–H and O–H groups in total. The molecule has 0 unspecified atom stereocenters. The Morgan fingerprint density at radius 2 is 1.06 bits per heavy atom. The summed E-state index contributed by atoms with van der Waals surface area (Å²) < 4.78 is 0. The molecule has 0 radical (unpaired) electrons. The first kappa shape index (κ1) is 29.0. The summed E-state index contributed by atoms with van der Waals surface area (Å²) in [5, 5.41) is 7.92. The third-order valence-corrected chi connectivity index (χ3v) is 9.90. The first-order valence-electron chi connectivity index (χ1n) is 17.2. The van der Waals surface area contributed by atoms with Crippen LogP contribution in [0.4, 0.5) is 17.1 Å². The molecule has 10 rings (SSSR count). The average molecular weight is 651 g/mol. The standard InChI is InChI=1S/C47H30N4/c1-4-14-31(15-5-1)44-41-30-40(36-27-29-49-47-38(36)26-25-32-16-13-28-48-45(32)47)35-21-10-11-22-37(35)43(41)39-23-12-24-42(46(39)50-44)51(33-17-6-2-7-18-33)34-19-8-3-9-20-34/h1-30H. The van der Waals surface area contributed by atoms with E-state index in [0.29, 0.717) is 0 Å². The second-order valence-electron chi connectivity index (χ2n) is 12.8. The molecule has 3 heterocycles. The Bertz CT molecular complexity index is 2870. The van der Waals surface area contributed by atoms with Gasteiger partial charge in [0.05, 0.1) is 27.9 Å². The highest BCUT2D eigenvalue weighted by Crippen LogP contribution is 2.46. The first-order valence-corrected chi connectivity index (χ1v) is 17.2. The van der Waals surface area contributed by atoms with E-state index < -0.39 is 0 Å². The summed E-state index contributed by atoms with van der Waals surface area (Å²) in [4.78, 5) is 17.5. The quantitative estimate of drug-likeness (QED) is 0.174. The largest absolute Gasteiger partial charge is 0.308 e. The van der Waals surface area contributed by atoms with Gasteiger partial charge in [-0.3, -0.25) is 9.97 Å². The van der Waals surface area contributed by atoms with Crippen molar-refractivity contribution in [1.82, 2.24) is 15.0 Å². The molecule has 0 aliphatic heterocycles. The van der Waals surface area contributed by atoms with Gasteiger partial charge in [0.25, 0.3) is 0 Å². The molecular weight excluding hydrogens is 621 g/mol. The Labute approximate surface area is 294 Å². The van der Waals surface area contributed by atoms with Crippen LogP contribution in [-0.2, 0) is 0 Å². The van der Waals surface area contributed by atoms with Crippen molar-refractivity contribution in [2.24, 2.45) is 0 Å². The highest BCUT2D eigenvalue weighted by atomic mass is 15.1. The number of benzene rings is 7. The van der Waals surface area contributed by atoms with Crippen molar-refractivity contribution in [1.29, 1.82) is 0 Å². The molecule has 0 spiro atoms. The Kier molecular flexibility index (Phi) is 6.78. The van der Waals surface area contributed by atoms with Gasteiger partial charge >= 0.3 is 0 Å². The van der Waals surface area contributed by atoms with Crippen molar-refractivity contribution in [3.05, 3.63) is 182 Å². The molecule has 0 fully saturated rings. The fourth-order valence-electron chi connectivity index (χ4n) is 7.66. The van der Waals surface area contributed by atoms with Gasteiger partial charge in [0.2, 0.25) is 0 Å². The number of aromatic nitrogens is 3. The van der Waals surface area contributed by atoms with Gasteiger partial charge in [0, 0.05) is 56.3 Å². The van der Waals surface area contributed by atoms with Crippen LogP contribution in [0.1, 0.15) is 0 Å². The summed E-state index contributed by atoms with van der Waals surface area (Å²) in [6, 6.07) is 59.9. The fourth-order valence-corrected chi connectivity index (χ4v) is 7.66. The van der Waals surface area contributed by atoms with Crippen molar-refractivity contribution in [2.45, 2.75) is 0 Å². The van der Waals surface area contributed by atoms with Gasteiger partial charge in [0.15, 0.2) is 0 Å². The Morgan fingerprint density at radius 1 is 0.392 bits per heavy atom. The smallest absolute Gasteiger partial charge is 0.0970 e. The van der Waals surface area contributed by atoms with E-state index in [1.165, 1.54) is 16.2 Å². The molecule has 3 aromatic heterocycles. The van der Waals surface area contributed by atoms with E-state index in [1.54, 1.807) is 0 Å². The van der Waals surface area contributed by atoms with Crippen molar-refractivity contribution in [3.63, 3.8) is 0 Å². The van der Waals surface area contributed by atoms with E-state index in [2.05, 4.69) is 169 Å². The zero-order valence-corrected chi connectivity index (χ0v) is 27.6. The molecule has 238 valence electrons. The van der Waals surface area contributed by atoms with Crippen LogP contribution in [0.2, 0.25) is 0 Å². The molecule has 4 heteroatoms. The van der Waals surface area contributed by atoms with Crippen LogP contribution in [0.3, 0.4) is 0 Å². The number of rotatable bonds is 5. The molecule has 51 heavy (non-hydrogen) atoms. The number of pyridine rings is 3. The number of hydrogen-bond acceptors (Lipinski definition) is 4. The third-order valence-electron chi connectivity index (χ3n) is 9.90. The lowest BCUT2D eigenvalue weighted by molar-refractivity contribution is 1.28. The van der Waals surface area contributed by atoms with Crippen LogP contribution in [0.25, 0.3) is 76.6 Å². The fraction of sp³-hybridized carbons (Fsp3) is 0. The highest BCUT2D eigenvalue weighted by molar-refractivity contribution is 6.27. The molecule has 0 saturated carbocycles. The van der Waals surface area contributed by atoms with Crippen molar-refractivity contribution in [2.75, 3.05) is 4.90 Å². The molecule has 0 aliphatic rings. The number of hydrogen-bond donors (Lipinski definition) is 0. The summed E-state index contributed by atoms with van der Waals surface area (Å²) in [7, 11) is 0. The van der Waals surface area contributed by atoms with E-state index in [9.17, 15) is 0 Å². The summed E-state index contributed by atoms with van der Waals surface area (Å²) in [5.74, 6) is 0. The minimum atomic E-state index is 0.904. The molecule has 0 atom stereocenters. The Balaban J connectivity index is 1.34. The molecular formula is C47H30N4. The minimum absolute atomic E-state index is 0.904. The summed E-state index contributed by atoms with van der Waals surface area (Å²) in [5.41, 5.74) is 10.2. The van der Waals surface area contributed by atoms with E-state index in [0.717, 1.165) is 77.5 Å². The van der Waals surface area contributed by atoms with Crippen LogP contribution < -0.4 is 4.90 Å². The zero-order valence-electron chi connectivity index (χ0n) is 27.6. The molecule has 10 aromatic rings. The van der Waals surface area contributed by atoms with Crippen LogP contribution in [-0.4, -0.2) is 15.0 Å². The van der Waals surface area contributed by atoms with Crippen LogP contribution in [0.15, 0.2) is 182 Å². The number of nitrogens with zero attached hydrogens (tertiary/aromatic N) is 4. The van der Waals surface area contributed by atoms with Gasteiger partial charge in [-0.05, 0) is 70.4 Å². The lowest BCUT2D eigenvalue weighted by Crippen LogP contribution is -2.11. The van der Waals surface area contributed by atoms with Gasteiger partial charge in [-0.1, -0.05) is 121 Å². The van der Waals surface area contributed by atoms with Gasteiger partial charge in [-0.25, -0.2) is 4.98 Å². The second-order valence-corrected chi connectivity index (χ2v) is 12.8. The maximum absolute atomic E-state index is 5.63. The topological polar surface area (TPSA) is 41.9 Å². The van der Waals surface area contributed by atoms with Crippen LogP contribution in [0, 0.1) is 0 Å². The van der Waals surface area contributed by atoms with Crippen molar-refractivity contribution >= 4 is 71.3 Å².